The summed E-state index contributed by atoms with van der Waals surface area (Å²) in [5, 5.41) is 2.43. The number of rotatable bonds is 4. The van der Waals surface area contributed by atoms with Crippen molar-refractivity contribution in [1.82, 2.24) is 0 Å². The van der Waals surface area contributed by atoms with Crippen molar-refractivity contribution in [3.8, 4) is 11.5 Å². The van der Waals surface area contributed by atoms with Gasteiger partial charge in [0.05, 0.1) is 16.7 Å². The van der Waals surface area contributed by atoms with Gasteiger partial charge in [-0.3, -0.25) is 4.79 Å². The first-order chi connectivity index (χ1) is 14.8. The number of halogens is 8. The van der Waals surface area contributed by atoms with E-state index in [-0.39, 0.29) is 23.1 Å². The smallest absolute Gasteiger partial charge is 0.416 e. The fourth-order valence-electron chi connectivity index (χ4n) is 2.60. The fourth-order valence-corrected chi connectivity index (χ4v) is 3.05. The molecule has 11 heteroatoms. The number of carbonyl (C=O) groups is 1. The quantitative estimate of drug-likeness (QED) is 0.261. The highest BCUT2D eigenvalue weighted by molar-refractivity contribution is 14.1. The molecule has 0 spiro atoms. The van der Waals surface area contributed by atoms with Crippen LogP contribution in [0.15, 0.2) is 60.7 Å². The van der Waals surface area contributed by atoms with Crippen LogP contribution in [-0.2, 0) is 12.4 Å². The summed E-state index contributed by atoms with van der Waals surface area (Å²) in [6.07, 6.45) is -10.0. The second-order valence-electron chi connectivity index (χ2n) is 6.45. The Labute approximate surface area is 190 Å². The van der Waals surface area contributed by atoms with Gasteiger partial charge in [0.1, 0.15) is 17.3 Å². The molecule has 168 valence electrons. The fraction of sp³-hybridized carbons (Fsp3) is 0.0952. The maximum Gasteiger partial charge on any atom is 0.416 e. The van der Waals surface area contributed by atoms with E-state index >= 15 is 0 Å². The molecule has 0 saturated heterocycles. The van der Waals surface area contributed by atoms with E-state index in [2.05, 4.69) is 5.32 Å². The molecule has 3 rings (SSSR count). The first-order valence-electron chi connectivity index (χ1n) is 8.67. The lowest BCUT2D eigenvalue weighted by atomic mass is 10.1. The first kappa shape index (κ1) is 23.8. The van der Waals surface area contributed by atoms with E-state index in [9.17, 15) is 35.5 Å². The molecule has 1 N–H and O–H groups in total. The predicted molar refractivity (Wildman–Crippen MR) is 110 cm³/mol. The van der Waals surface area contributed by atoms with Crippen LogP contribution in [0, 0.1) is 9.39 Å². The number of ether oxygens (including phenoxy) is 1. The third-order valence-electron chi connectivity index (χ3n) is 4.08. The SMILES string of the molecule is O=C(Nc1ccc(Oc2cc(C(F)(F)F)cc(C(F)(F)F)c2)cc1)c1ccc(I)cc1F. The molecule has 0 aliphatic heterocycles. The number of nitrogens with one attached hydrogen (secondary N) is 1. The van der Waals surface area contributed by atoms with Gasteiger partial charge in [0, 0.05) is 9.26 Å². The normalized spacial score (nSPS) is 11.9. The molecular formula is C21H11F7INO2. The summed E-state index contributed by atoms with van der Waals surface area (Å²) < 4.78 is 97.3. The van der Waals surface area contributed by atoms with Crippen LogP contribution in [0.25, 0.3) is 0 Å². The van der Waals surface area contributed by atoms with Gasteiger partial charge in [-0.25, -0.2) is 4.39 Å². The van der Waals surface area contributed by atoms with Crippen molar-refractivity contribution in [1.29, 1.82) is 0 Å². The molecule has 0 aromatic heterocycles. The summed E-state index contributed by atoms with van der Waals surface area (Å²) in [4.78, 5) is 12.2. The molecule has 32 heavy (non-hydrogen) atoms. The minimum atomic E-state index is -5.00. The highest BCUT2D eigenvalue weighted by Crippen LogP contribution is 2.39. The van der Waals surface area contributed by atoms with Crippen LogP contribution < -0.4 is 10.1 Å². The van der Waals surface area contributed by atoms with Gasteiger partial charge in [-0.15, -0.1) is 0 Å². The van der Waals surface area contributed by atoms with Gasteiger partial charge in [-0.2, -0.15) is 26.3 Å². The number of benzene rings is 3. The molecule has 0 heterocycles. The molecule has 0 aliphatic rings. The summed E-state index contributed by atoms with van der Waals surface area (Å²) in [6.45, 7) is 0. The van der Waals surface area contributed by atoms with E-state index in [4.69, 9.17) is 4.74 Å². The van der Waals surface area contributed by atoms with E-state index in [0.717, 1.165) is 0 Å². The molecule has 0 atom stereocenters. The maximum absolute atomic E-state index is 13.9. The van der Waals surface area contributed by atoms with Crippen molar-refractivity contribution in [3.05, 3.63) is 86.7 Å². The van der Waals surface area contributed by atoms with E-state index < -0.39 is 41.0 Å². The van der Waals surface area contributed by atoms with Gasteiger partial charge in [0.25, 0.3) is 5.91 Å². The highest BCUT2D eigenvalue weighted by atomic mass is 127. The van der Waals surface area contributed by atoms with Crippen LogP contribution in [0.4, 0.5) is 36.4 Å². The van der Waals surface area contributed by atoms with Crippen LogP contribution >= 0.6 is 22.6 Å². The summed E-state index contributed by atoms with van der Waals surface area (Å²) in [6, 6.07) is 9.98. The number of anilines is 1. The average molecular weight is 569 g/mol. The van der Waals surface area contributed by atoms with Crippen LogP contribution in [-0.4, -0.2) is 5.91 Å². The Morgan fingerprint density at radius 2 is 1.34 bits per heavy atom. The molecule has 0 saturated carbocycles. The van der Waals surface area contributed by atoms with Crippen molar-refractivity contribution in [2.75, 3.05) is 5.32 Å². The lowest BCUT2D eigenvalue weighted by Crippen LogP contribution is -2.13. The van der Waals surface area contributed by atoms with Crippen molar-refractivity contribution in [3.63, 3.8) is 0 Å². The van der Waals surface area contributed by atoms with Gasteiger partial charge < -0.3 is 10.1 Å². The second-order valence-corrected chi connectivity index (χ2v) is 7.69. The van der Waals surface area contributed by atoms with E-state index in [0.29, 0.717) is 15.7 Å². The monoisotopic (exact) mass is 569 g/mol. The number of hydrogen-bond acceptors (Lipinski definition) is 2. The zero-order valence-electron chi connectivity index (χ0n) is 15.6. The standard InChI is InChI=1S/C21H11F7INO2/c22-18-10-13(29)1-6-17(18)19(31)30-14-2-4-15(5-3-14)32-16-8-11(20(23,24)25)7-12(9-16)21(26,27)28/h1-10H,(H,30,31). The molecule has 0 aliphatic carbocycles. The molecule has 3 aromatic carbocycles. The topological polar surface area (TPSA) is 38.3 Å². The molecule has 0 radical (unpaired) electrons. The van der Waals surface area contributed by atoms with Crippen LogP contribution in [0.1, 0.15) is 21.5 Å². The molecular weight excluding hydrogens is 558 g/mol. The Bertz CT molecular complexity index is 1110. The second kappa shape index (κ2) is 8.96. The lowest BCUT2D eigenvalue weighted by Gasteiger charge is -2.15. The van der Waals surface area contributed by atoms with E-state index in [1.165, 1.54) is 36.4 Å². The molecule has 0 bridgehead atoms. The largest absolute Gasteiger partial charge is 0.457 e. The molecule has 1 amide bonds. The van der Waals surface area contributed by atoms with Crippen molar-refractivity contribution in [2.45, 2.75) is 12.4 Å². The number of amides is 1. The van der Waals surface area contributed by atoms with E-state index in [1.54, 1.807) is 6.07 Å². The third kappa shape index (κ3) is 5.90. The summed E-state index contributed by atoms with van der Waals surface area (Å²) in [5.74, 6) is -2.19. The first-order valence-corrected chi connectivity index (χ1v) is 9.74. The molecule has 0 unspecified atom stereocenters. The summed E-state index contributed by atoms with van der Waals surface area (Å²) >= 11 is 1.88. The van der Waals surface area contributed by atoms with Gasteiger partial charge in [-0.1, -0.05) is 0 Å². The van der Waals surface area contributed by atoms with Gasteiger partial charge in [0.2, 0.25) is 0 Å². The zero-order valence-corrected chi connectivity index (χ0v) is 17.8. The Balaban J connectivity index is 1.79. The molecule has 3 nitrogen and oxygen atoms in total. The number of hydrogen-bond donors (Lipinski definition) is 1. The van der Waals surface area contributed by atoms with Crippen LogP contribution in [0.3, 0.4) is 0 Å². The third-order valence-corrected chi connectivity index (χ3v) is 4.76. The summed E-state index contributed by atoms with van der Waals surface area (Å²) in [5.41, 5.74) is -3.01. The lowest BCUT2D eigenvalue weighted by molar-refractivity contribution is -0.143. The van der Waals surface area contributed by atoms with Crippen molar-refractivity contribution in [2.24, 2.45) is 0 Å². The van der Waals surface area contributed by atoms with Gasteiger partial charge >= 0.3 is 12.4 Å². The molecule has 0 fully saturated rings. The Morgan fingerprint density at radius 3 is 1.84 bits per heavy atom. The maximum atomic E-state index is 13.9. The number of carbonyl (C=O) groups excluding carboxylic acids is 1. The van der Waals surface area contributed by atoms with Crippen molar-refractivity contribution < 1.29 is 40.3 Å². The van der Waals surface area contributed by atoms with Crippen LogP contribution in [0.5, 0.6) is 11.5 Å². The van der Waals surface area contributed by atoms with Gasteiger partial charge in [-0.05, 0) is 83.3 Å². The molecule has 3 aromatic rings. The average Bonchev–Trinajstić information content (AvgIpc) is 2.68. The van der Waals surface area contributed by atoms with E-state index in [1.807, 2.05) is 22.6 Å². The van der Waals surface area contributed by atoms with Crippen molar-refractivity contribution >= 4 is 34.2 Å². The minimum Gasteiger partial charge on any atom is -0.457 e. The highest BCUT2D eigenvalue weighted by Gasteiger charge is 2.37. The Morgan fingerprint density at radius 1 is 0.781 bits per heavy atom. The van der Waals surface area contributed by atoms with Gasteiger partial charge in [0.15, 0.2) is 0 Å². The Kier molecular flexibility index (Phi) is 6.67. The zero-order chi connectivity index (χ0) is 23.7. The number of alkyl halides is 6. The van der Waals surface area contributed by atoms with Crippen LogP contribution in [0.2, 0.25) is 0 Å². The minimum absolute atomic E-state index is 0.00474. The summed E-state index contributed by atoms with van der Waals surface area (Å²) in [7, 11) is 0. The predicted octanol–water partition coefficient (Wildman–Crippen LogP) is 7.51. The Hall–Kier alpha value is -2.83.